The molecule has 0 aliphatic heterocycles. The smallest absolute Gasteiger partial charge is 0.255 e. The van der Waals surface area contributed by atoms with Gasteiger partial charge in [-0.1, -0.05) is 6.08 Å². The van der Waals surface area contributed by atoms with E-state index in [1.54, 1.807) is 0 Å². The maximum absolute atomic E-state index is 10.7. The van der Waals surface area contributed by atoms with E-state index in [0.29, 0.717) is 12.1 Å². The van der Waals surface area contributed by atoms with Gasteiger partial charge < -0.3 is 4.98 Å². The first-order chi connectivity index (χ1) is 6.18. The first-order valence-corrected chi connectivity index (χ1v) is 4.22. The number of hydrogen-bond donors (Lipinski definition) is 1. The van der Waals surface area contributed by atoms with Crippen LogP contribution in [0.3, 0.4) is 0 Å². The highest BCUT2D eigenvalue weighted by atomic mass is 16.6. The molecule has 1 aromatic heterocycles. The molecule has 2 rings (SSSR count). The van der Waals surface area contributed by atoms with Crippen LogP contribution in [0.4, 0.5) is 0 Å². The van der Waals surface area contributed by atoms with Crippen molar-refractivity contribution in [3.63, 3.8) is 0 Å². The summed E-state index contributed by atoms with van der Waals surface area (Å²) in [5, 5.41) is 12.3. The lowest BCUT2D eigenvalue weighted by Gasteiger charge is -1.98. The van der Waals surface area contributed by atoms with Crippen molar-refractivity contribution in [3.05, 3.63) is 32.4 Å². The largest absolute Gasteiger partial charge is 0.359 e. The molecule has 0 saturated carbocycles. The normalized spacial score (nSPS) is 15.0. The number of nitrogens with one attached hydrogen (secondary N) is 1. The van der Waals surface area contributed by atoms with E-state index in [-0.39, 0.29) is 4.92 Å². The predicted molar refractivity (Wildman–Crippen MR) is 48.9 cm³/mol. The molecule has 0 radical (unpaired) electrons. The van der Waals surface area contributed by atoms with Crippen molar-refractivity contribution in [2.24, 2.45) is 0 Å². The predicted octanol–water partition coefficient (Wildman–Crippen LogP) is 0.282. The second kappa shape index (κ2) is 2.73. The maximum Gasteiger partial charge on any atom is 0.255 e. The minimum atomic E-state index is -0.279. The molecule has 1 N–H and O–H groups in total. The number of aryl methyl sites for hydroxylation is 1. The first kappa shape index (κ1) is 8.04. The third-order valence-electron chi connectivity index (χ3n) is 2.24. The lowest BCUT2D eigenvalue weighted by atomic mass is 10.1. The summed E-state index contributed by atoms with van der Waals surface area (Å²) < 4.78 is 0. The lowest BCUT2D eigenvalue weighted by molar-refractivity contribution is -0.382. The monoisotopic (exact) mass is 178 g/mol. The van der Waals surface area contributed by atoms with Crippen molar-refractivity contribution in [1.82, 2.24) is 4.98 Å². The van der Waals surface area contributed by atoms with Crippen LogP contribution in [-0.4, -0.2) is 9.91 Å². The molecule has 1 aliphatic carbocycles. The minimum absolute atomic E-state index is 0.279. The molecule has 4 heteroatoms. The van der Waals surface area contributed by atoms with Crippen molar-refractivity contribution in [3.8, 4) is 0 Å². The Labute approximate surface area is 74.7 Å². The molecule has 0 atom stereocenters. The molecule has 0 saturated heterocycles. The average molecular weight is 178 g/mol. The van der Waals surface area contributed by atoms with Gasteiger partial charge in [0, 0.05) is 17.5 Å². The molecule has 1 heterocycles. The lowest BCUT2D eigenvalue weighted by Crippen LogP contribution is -2.30. The Morgan fingerprint density at radius 2 is 2.38 bits per heavy atom. The molecule has 0 amide bonds. The van der Waals surface area contributed by atoms with Gasteiger partial charge in [0.15, 0.2) is 0 Å². The van der Waals surface area contributed by atoms with Gasteiger partial charge in [-0.15, -0.1) is 0 Å². The van der Waals surface area contributed by atoms with E-state index in [2.05, 4.69) is 4.98 Å². The van der Waals surface area contributed by atoms with Crippen LogP contribution >= 0.6 is 0 Å². The van der Waals surface area contributed by atoms with Crippen molar-refractivity contribution in [2.75, 3.05) is 0 Å². The molecule has 0 spiro atoms. The van der Waals surface area contributed by atoms with Crippen molar-refractivity contribution in [2.45, 2.75) is 19.8 Å². The Balaban J connectivity index is 2.82. The van der Waals surface area contributed by atoms with Gasteiger partial charge in [-0.3, -0.25) is 10.1 Å². The van der Waals surface area contributed by atoms with Crippen LogP contribution < -0.4 is 10.6 Å². The fourth-order valence-corrected chi connectivity index (χ4v) is 1.69. The Kier molecular flexibility index (Phi) is 1.69. The number of fused-ring (bicyclic) bond motifs is 1. The Morgan fingerprint density at radius 3 is 3.08 bits per heavy atom. The van der Waals surface area contributed by atoms with Crippen LogP contribution in [0, 0.1) is 17.0 Å². The van der Waals surface area contributed by atoms with Gasteiger partial charge in [-0.25, -0.2) is 0 Å². The summed E-state index contributed by atoms with van der Waals surface area (Å²) in [6.07, 6.45) is 3.30. The molecule has 0 bridgehead atoms. The van der Waals surface area contributed by atoms with Crippen molar-refractivity contribution in [1.29, 1.82) is 0 Å². The second-order valence-corrected chi connectivity index (χ2v) is 3.23. The zero-order valence-electron chi connectivity index (χ0n) is 7.33. The summed E-state index contributed by atoms with van der Waals surface area (Å²) in [4.78, 5) is 13.5. The highest BCUT2D eigenvalue weighted by Crippen LogP contribution is 2.07. The van der Waals surface area contributed by atoms with Gasteiger partial charge in [0.2, 0.25) is 0 Å². The van der Waals surface area contributed by atoms with Gasteiger partial charge in [0.1, 0.15) is 0 Å². The SMILES string of the molecule is Cc1cc2c([nH]1)=CCCC=2[N+](=O)[O-]. The van der Waals surface area contributed by atoms with E-state index in [1.807, 2.05) is 19.1 Å². The van der Waals surface area contributed by atoms with Gasteiger partial charge >= 0.3 is 0 Å². The Hall–Kier alpha value is -1.58. The molecule has 1 aliphatic rings. The number of aromatic amines is 1. The van der Waals surface area contributed by atoms with E-state index in [9.17, 15) is 10.1 Å². The van der Waals surface area contributed by atoms with Gasteiger partial charge in [-0.2, -0.15) is 0 Å². The molecule has 13 heavy (non-hydrogen) atoms. The molecule has 0 unspecified atom stereocenters. The van der Waals surface area contributed by atoms with Crippen LogP contribution in [0.15, 0.2) is 6.07 Å². The molecule has 1 aromatic rings. The van der Waals surface area contributed by atoms with Gasteiger partial charge in [0.05, 0.1) is 10.1 Å². The Morgan fingerprint density at radius 1 is 1.62 bits per heavy atom. The molecule has 68 valence electrons. The van der Waals surface area contributed by atoms with Crippen molar-refractivity contribution < 1.29 is 4.92 Å². The molecule has 0 fully saturated rings. The summed E-state index contributed by atoms with van der Waals surface area (Å²) in [7, 11) is 0. The number of aromatic nitrogens is 1. The van der Waals surface area contributed by atoms with Crippen LogP contribution in [0.25, 0.3) is 11.8 Å². The highest BCUT2D eigenvalue weighted by molar-refractivity contribution is 5.43. The average Bonchev–Trinajstić information content (AvgIpc) is 2.43. The third kappa shape index (κ3) is 1.24. The van der Waals surface area contributed by atoms with E-state index in [4.69, 9.17) is 0 Å². The number of nitro groups is 1. The van der Waals surface area contributed by atoms with Crippen LogP contribution in [-0.2, 0) is 0 Å². The van der Waals surface area contributed by atoms with E-state index in [0.717, 1.165) is 22.7 Å². The van der Waals surface area contributed by atoms with Gasteiger partial charge in [0.25, 0.3) is 5.70 Å². The third-order valence-corrected chi connectivity index (χ3v) is 2.24. The molecule has 0 aromatic carbocycles. The zero-order valence-corrected chi connectivity index (χ0v) is 7.33. The fourth-order valence-electron chi connectivity index (χ4n) is 1.69. The number of nitrogens with zero attached hydrogens (tertiary/aromatic N) is 1. The zero-order chi connectivity index (χ0) is 9.42. The quantitative estimate of drug-likeness (QED) is 0.496. The number of rotatable bonds is 1. The second-order valence-electron chi connectivity index (χ2n) is 3.23. The molecule has 4 nitrogen and oxygen atoms in total. The van der Waals surface area contributed by atoms with E-state index >= 15 is 0 Å². The molecular weight excluding hydrogens is 168 g/mol. The number of hydrogen-bond acceptors (Lipinski definition) is 2. The summed E-state index contributed by atoms with van der Waals surface area (Å²) >= 11 is 0. The van der Waals surface area contributed by atoms with Crippen LogP contribution in [0.2, 0.25) is 0 Å². The van der Waals surface area contributed by atoms with E-state index in [1.165, 1.54) is 0 Å². The summed E-state index contributed by atoms with van der Waals surface area (Å²) in [6.45, 7) is 1.91. The van der Waals surface area contributed by atoms with Crippen molar-refractivity contribution >= 4 is 11.8 Å². The first-order valence-electron chi connectivity index (χ1n) is 4.22. The van der Waals surface area contributed by atoms with Crippen LogP contribution in [0.5, 0.6) is 0 Å². The molecular formula is C9H10N2O2. The number of H-pyrrole nitrogens is 1. The van der Waals surface area contributed by atoms with Gasteiger partial charge in [-0.05, 0) is 19.4 Å². The summed E-state index contributed by atoms with van der Waals surface area (Å²) in [6, 6.07) is 1.84. The summed E-state index contributed by atoms with van der Waals surface area (Å²) in [5.74, 6) is 0. The highest BCUT2D eigenvalue weighted by Gasteiger charge is 2.15. The minimum Gasteiger partial charge on any atom is -0.359 e. The van der Waals surface area contributed by atoms with E-state index < -0.39 is 0 Å². The summed E-state index contributed by atoms with van der Waals surface area (Å²) in [5.41, 5.74) is 1.31. The van der Waals surface area contributed by atoms with Crippen LogP contribution in [0.1, 0.15) is 18.5 Å². The topological polar surface area (TPSA) is 58.9 Å². The fraction of sp³-hybridized carbons (Fsp3) is 0.333. The maximum atomic E-state index is 10.7. The Bertz CT molecular complexity index is 470. The standard InChI is InChI=1S/C9H10N2O2/c1-6-5-7-8(10-6)3-2-4-9(7)11(12)13/h3,5,10H,2,4H2,1H3.